The second-order valence-electron chi connectivity index (χ2n) is 5.51. The SMILES string of the molecule is O=C(NCC1COCc2nc3ccccc3n21)c1cccnc1. The lowest BCUT2D eigenvalue weighted by Gasteiger charge is -2.26. The average Bonchev–Trinajstić information content (AvgIpc) is 2.99. The van der Waals surface area contributed by atoms with Gasteiger partial charge in [-0.15, -0.1) is 0 Å². The molecule has 1 aromatic carbocycles. The number of imidazole rings is 1. The molecule has 0 aliphatic carbocycles. The minimum absolute atomic E-state index is 0.0340. The Kier molecular flexibility index (Phi) is 3.51. The lowest BCUT2D eigenvalue weighted by Crippen LogP contribution is -2.35. The number of benzene rings is 1. The van der Waals surface area contributed by atoms with Crippen molar-refractivity contribution >= 4 is 16.9 Å². The van der Waals surface area contributed by atoms with Crippen molar-refractivity contribution in [2.45, 2.75) is 12.6 Å². The number of aromatic nitrogens is 3. The first-order valence-corrected chi connectivity index (χ1v) is 7.55. The number of fused-ring (bicyclic) bond motifs is 3. The third kappa shape index (κ3) is 2.57. The van der Waals surface area contributed by atoms with Gasteiger partial charge in [0.15, 0.2) is 0 Å². The van der Waals surface area contributed by atoms with E-state index in [4.69, 9.17) is 4.74 Å². The molecular formula is C17H16N4O2. The highest BCUT2D eigenvalue weighted by Gasteiger charge is 2.24. The van der Waals surface area contributed by atoms with Crippen molar-refractivity contribution in [2.24, 2.45) is 0 Å². The van der Waals surface area contributed by atoms with E-state index in [1.807, 2.05) is 24.3 Å². The van der Waals surface area contributed by atoms with Gasteiger partial charge in [0.1, 0.15) is 12.4 Å². The van der Waals surface area contributed by atoms with Crippen LogP contribution in [0.4, 0.5) is 0 Å². The normalized spacial score (nSPS) is 17.0. The number of ether oxygens (including phenoxy) is 1. The molecule has 0 radical (unpaired) electrons. The van der Waals surface area contributed by atoms with E-state index < -0.39 is 0 Å². The summed E-state index contributed by atoms with van der Waals surface area (Å²) in [6.07, 6.45) is 3.21. The molecule has 1 amide bonds. The summed E-state index contributed by atoms with van der Waals surface area (Å²) in [5.41, 5.74) is 2.59. The zero-order chi connectivity index (χ0) is 15.6. The first-order valence-electron chi connectivity index (χ1n) is 7.55. The molecule has 23 heavy (non-hydrogen) atoms. The van der Waals surface area contributed by atoms with Crippen molar-refractivity contribution in [1.82, 2.24) is 19.9 Å². The van der Waals surface area contributed by atoms with E-state index in [2.05, 4.69) is 19.9 Å². The predicted octanol–water partition coefficient (Wildman–Crippen LogP) is 1.93. The average molecular weight is 308 g/mol. The number of pyridine rings is 1. The van der Waals surface area contributed by atoms with E-state index in [1.54, 1.807) is 24.5 Å². The van der Waals surface area contributed by atoms with Gasteiger partial charge in [0.2, 0.25) is 0 Å². The van der Waals surface area contributed by atoms with Crippen LogP contribution in [0, 0.1) is 0 Å². The molecular weight excluding hydrogens is 292 g/mol. The van der Waals surface area contributed by atoms with Crippen LogP contribution in [0.3, 0.4) is 0 Å². The van der Waals surface area contributed by atoms with Crippen molar-refractivity contribution in [3.05, 3.63) is 60.2 Å². The van der Waals surface area contributed by atoms with Crippen LogP contribution in [0.1, 0.15) is 22.2 Å². The molecule has 4 rings (SSSR count). The van der Waals surface area contributed by atoms with Gasteiger partial charge in [-0.05, 0) is 24.3 Å². The molecule has 1 N–H and O–H groups in total. The van der Waals surface area contributed by atoms with Crippen LogP contribution >= 0.6 is 0 Å². The second-order valence-corrected chi connectivity index (χ2v) is 5.51. The maximum atomic E-state index is 12.2. The van der Waals surface area contributed by atoms with Crippen molar-refractivity contribution in [1.29, 1.82) is 0 Å². The van der Waals surface area contributed by atoms with Crippen LogP contribution in [0.15, 0.2) is 48.8 Å². The number of rotatable bonds is 3. The maximum absolute atomic E-state index is 12.2. The standard InChI is InChI=1S/C17H16N4O2/c22-17(12-4-3-7-18-8-12)19-9-13-10-23-11-16-20-14-5-1-2-6-15(14)21(13)16/h1-8,13H,9-11H2,(H,19,22). The summed E-state index contributed by atoms with van der Waals surface area (Å²) in [4.78, 5) is 20.8. The number of para-hydroxylation sites is 2. The highest BCUT2D eigenvalue weighted by atomic mass is 16.5. The third-order valence-electron chi connectivity index (χ3n) is 4.00. The topological polar surface area (TPSA) is 69.0 Å². The van der Waals surface area contributed by atoms with Crippen molar-refractivity contribution < 1.29 is 9.53 Å². The largest absolute Gasteiger partial charge is 0.371 e. The Morgan fingerprint density at radius 2 is 2.22 bits per heavy atom. The Bertz CT molecular complexity index is 844. The molecule has 0 saturated heterocycles. The Morgan fingerprint density at radius 1 is 1.30 bits per heavy atom. The Labute approximate surface area is 133 Å². The molecule has 0 fully saturated rings. The summed E-state index contributed by atoms with van der Waals surface area (Å²) in [5, 5.41) is 2.96. The van der Waals surface area contributed by atoms with Gasteiger partial charge in [0, 0.05) is 18.9 Å². The molecule has 6 heteroatoms. The molecule has 2 aromatic heterocycles. The minimum atomic E-state index is -0.130. The van der Waals surface area contributed by atoms with E-state index in [0.717, 1.165) is 16.9 Å². The zero-order valence-corrected chi connectivity index (χ0v) is 12.5. The summed E-state index contributed by atoms with van der Waals surface area (Å²) in [7, 11) is 0. The quantitative estimate of drug-likeness (QED) is 0.803. The number of carbonyl (C=O) groups is 1. The maximum Gasteiger partial charge on any atom is 0.252 e. The monoisotopic (exact) mass is 308 g/mol. The molecule has 0 bridgehead atoms. The van der Waals surface area contributed by atoms with Gasteiger partial charge in [0.05, 0.1) is 29.2 Å². The number of carbonyl (C=O) groups excluding carboxylic acids is 1. The summed E-state index contributed by atoms with van der Waals surface area (Å²) in [6, 6.07) is 11.5. The Hall–Kier alpha value is -2.73. The smallest absolute Gasteiger partial charge is 0.252 e. The third-order valence-corrected chi connectivity index (χ3v) is 4.00. The van der Waals surface area contributed by atoms with E-state index in [1.165, 1.54) is 0 Å². The molecule has 6 nitrogen and oxygen atoms in total. The number of hydrogen-bond acceptors (Lipinski definition) is 4. The lowest BCUT2D eigenvalue weighted by atomic mass is 10.2. The fraction of sp³-hybridized carbons (Fsp3) is 0.235. The van der Waals surface area contributed by atoms with Gasteiger partial charge in [-0.3, -0.25) is 9.78 Å². The summed E-state index contributed by atoms with van der Waals surface area (Å²) < 4.78 is 7.80. The van der Waals surface area contributed by atoms with Gasteiger partial charge < -0.3 is 14.6 Å². The van der Waals surface area contributed by atoms with Crippen LogP contribution in [0.5, 0.6) is 0 Å². The minimum Gasteiger partial charge on any atom is -0.371 e. The van der Waals surface area contributed by atoms with Gasteiger partial charge in [-0.2, -0.15) is 0 Å². The van der Waals surface area contributed by atoms with Gasteiger partial charge in [-0.25, -0.2) is 4.98 Å². The van der Waals surface area contributed by atoms with Crippen LogP contribution < -0.4 is 5.32 Å². The molecule has 3 aromatic rings. The highest BCUT2D eigenvalue weighted by Crippen LogP contribution is 2.25. The number of amides is 1. The van der Waals surface area contributed by atoms with Crippen molar-refractivity contribution in [3.63, 3.8) is 0 Å². The second kappa shape index (κ2) is 5.81. The van der Waals surface area contributed by atoms with Crippen molar-refractivity contribution in [3.8, 4) is 0 Å². The van der Waals surface area contributed by atoms with Gasteiger partial charge >= 0.3 is 0 Å². The van der Waals surface area contributed by atoms with E-state index in [-0.39, 0.29) is 11.9 Å². The Balaban J connectivity index is 1.56. The number of nitrogens with one attached hydrogen (secondary N) is 1. The molecule has 0 spiro atoms. The highest BCUT2D eigenvalue weighted by molar-refractivity contribution is 5.93. The molecule has 1 aliphatic heterocycles. The molecule has 0 saturated carbocycles. The zero-order valence-electron chi connectivity index (χ0n) is 12.5. The van der Waals surface area contributed by atoms with Crippen LogP contribution in [0.25, 0.3) is 11.0 Å². The van der Waals surface area contributed by atoms with E-state index in [0.29, 0.717) is 25.3 Å². The lowest BCUT2D eigenvalue weighted by molar-refractivity contribution is 0.0553. The first-order chi connectivity index (χ1) is 11.3. The van der Waals surface area contributed by atoms with Gasteiger partial charge in [0.25, 0.3) is 5.91 Å². The fourth-order valence-electron chi connectivity index (χ4n) is 2.92. The van der Waals surface area contributed by atoms with Crippen LogP contribution in [0.2, 0.25) is 0 Å². The van der Waals surface area contributed by atoms with Crippen LogP contribution in [-0.2, 0) is 11.3 Å². The summed E-state index contributed by atoms with van der Waals surface area (Å²) in [5.74, 6) is 0.771. The number of hydrogen-bond donors (Lipinski definition) is 1. The molecule has 1 atom stereocenters. The number of nitrogens with zero attached hydrogens (tertiary/aromatic N) is 3. The predicted molar refractivity (Wildman–Crippen MR) is 85.0 cm³/mol. The van der Waals surface area contributed by atoms with Gasteiger partial charge in [-0.1, -0.05) is 12.1 Å². The molecule has 1 aliphatic rings. The molecule has 116 valence electrons. The fourth-order valence-corrected chi connectivity index (χ4v) is 2.92. The molecule has 1 unspecified atom stereocenters. The first kappa shape index (κ1) is 13.9. The molecule has 3 heterocycles. The van der Waals surface area contributed by atoms with E-state index >= 15 is 0 Å². The van der Waals surface area contributed by atoms with Crippen LogP contribution in [-0.4, -0.2) is 33.6 Å². The van der Waals surface area contributed by atoms with E-state index in [9.17, 15) is 4.79 Å². The van der Waals surface area contributed by atoms with Crippen molar-refractivity contribution in [2.75, 3.05) is 13.2 Å². The summed E-state index contributed by atoms with van der Waals surface area (Å²) >= 11 is 0. The Morgan fingerprint density at radius 3 is 3.09 bits per heavy atom. The summed E-state index contributed by atoms with van der Waals surface area (Å²) in [6.45, 7) is 1.55.